The second-order valence-electron chi connectivity index (χ2n) is 7.27. The van der Waals surface area contributed by atoms with Crippen LogP contribution in [0.25, 0.3) is 0 Å². The standard InChI is InChI=1S/C21H29NO2S/c1-2-3-5-17-7-9-19(10-8-17)21(23)22(14-18-11-13-25-16-18)15-20-6-4-12-24-20/h4,6,11-13,16-17,19H,2-3,5,7-10,14-15H2,1H3. The van der Waals surface area contributed by atoms with E-state index in [4.69, 9.17) is 4.42 Å². The number of nitrogens with zero attached hydrogens (tertiary/aromatic N) is 1. The monoisotopic (exact) mass is 359 g/mol. The Morgan fingerprint density at radius 1 is 1.24 bits per heavy atom. The van der Waals surface area contributed by atoms with E-state index in [2.05, 4.69) is 23.8 Å². The molecule has 1 aliphatic carbocycles. The fourth-order valence-corrected chi connectivity index (χ4v) is 4.51. The zero-order valence-electron chi connectivity index (χ0n) is 15.2. The highest BCUT2D eigenvalue weighted by Gasteiger charge is 2.29. The van der Waals surface area contributed by atoms with Gasteiger partial charge in [-0.15, -0.1) is 0 Å². The number of hydrogen-bond donors (Lipinski definition) is 0. The second kappa shape index (κ2) is 9.23. The van der Waals surface area contributed by atoms with Crippen LogP contribution < -0.4 is 0 Å². The van der Waals surface area contributed by atoms with Gasteiger partial charge < -0.3 is 9.32 Å². The highest BCUT2D eigenvalue weighted by atomic mass is 32.1. The third-order valence-corrected chi connectivity index (χ3v) is 6.09. The van der Waals surface area contributed by atoms with Crippen LogP contribution >= 0.6 is 11.3 Å². The molecule has 4 heteroatoms. The molecule has 0 unspecified atom stereocenters. The number of rotatable bonds is 8. The van der Waals surface area contributed by atoms with Crippen molar-refractivity contribution in [3.8, 4) is 0 Å². The summed E-state index contributed by atoms with van der Waals surface area (Å²) in [6.07, 6.45) is 10.1. The first kappa shape index (κ1) is 18.2. The first-order chi connectivity index (χ1) is 12.3. The predicted molar refractivity (Wildman–Crippen MR) is 102 cm³/mol. The molecule has 2 aromatic rings. The molecule has 1 amide bonds. The Morgan fingerprint density at radius 2 is 2.08 bits per heavy atom. The topological polar surface area (TPSA) is 33.5 Å². The van der Waals surface area contributed by atoms with Crippen LogP contribution in [0.5, 0.6) is 0 Å². The lowest BCUT2D eigenvalue weighted by molar-refractivity contribution is -0.138. The Labute approximate surface area is 155 Å². The average Bonchev–Trinajstić information content (AvgIpc) is 3.33. The van der Waals surface area contributed by atoms with Gasteiger partial charge in [-0.05, 0) is 66.1 Å². The van der Waals surface area contributed by atoms with Crippen molar-refractivity contribution in [2.75, 3.05) is 0 Å². The molecule has 2 heterocycles. The molecule has 0 N–H and O–H groups in total. The number of carbonyl (C=O) groups is 1. The predicted octanol–water partition coefficient (Wildman–Crippen LogP) is 5.87. The third-order valence-electron chi connectivity index (χ3n) is 5.35. The van der Waals surface area contributed by atoms with Gasteiger partial charge in [0.1, 0.15) is 5.76 Å². The summed E-state index contributed by atoms with van der Waals surface area (Å²) in [5.41, 5.74) is 1.21. The maximum atomic E-state index is 13.2. The molecule has 1 fully saturated rings. The minimum absolute atomic E-state index is 0.187. The average molecular weight is 360 g/mol. The van der Waals surface area contributed by atoms with Gasteiger partial charge in [0.15, 0.2) is 0 Å². The van der Waals surface area contributed by atoms with Crippen molar-refractivity contribution >= 4 is 17.2 Å². The van der Waals surface area contributed by atoms with Crippen LogP contribution in [0.2, 0.25) is 0 Å². The zero-order valence-corrected chi connectivity index (χ0v) is 16.0. The van der Waals surface area contributed by atoms with Gasteiger partial charge in [-0.2, -0.15) is 11.3 Å². The van der Waals surface area contributed by atoms with E-state index in [-0.39, 0.29) is 5.92 Å². The number of furan rings is 1. The van der Waals surface area contributed by atoms with E-state index in [0.717, 1.165) is 24.5 Å². The Balaban J connectivity index is 1.60. The maximum absolute atomic E-state index is 13.2. The number of carbonyl (C=O) groups excluding carboxylic acids is 1. The van der Waals surface area contributed by atoms with E-state index in [0.29, 0.717) is 19.0 Å². The van der Waals surface area contributed by atoms with Gasteiger partial charge in [0, 0.05) is 12.5 Å². The van der Waals surface area contributed by atoms with Gasteiger partial charge in [0.2, 0.25) is 5.91 Å². The van der Waals surface area contributed by atoms with E-state index < -0.39 is 0 Å². The lowest BCUT2D eigenvalue weighted by atomic mass is 9.79. The van der Waals surface area contributed by atoms with Gasteiger partial charge in [-0.25, -0.2) is 0 Å². The van der Waals surface area contributed by atoms with E-state index >= 15 is 0 Å². The molecule has 2 aromatic heterocycles. The first-order valence-electron chi connectivity index (χ1n) is 9.58. The fourth-order valence-electron chi connectivity index (χ4n) is 3.85. The van der Waals surface area contributed by atoms with E-state index in [1.807, 2.05) is 17.0 Å². The highest BCUT2D eigenvalue weighted by Crippen LogP contribution is 2.33. The third kappa shape index (κ3) is 5.21. The zero-order chi connectivity index (χ0) is 17.5. The summed E-state index contributed by atoms with van der Waals surface area (Å²) in [7, 11) is 0. The lowest BCUT2D eigenvalue weighted by Crippen LogP contribution is -2.36. The number of unbranched alkanes of at least 4 members (excludes halogenated alkanes) is 1. The number of amides is 1. The van der Waals surface area contributed by atoms with E-state index in [9.17, 15) is 4.79 Å². The van der Waals surface area contributed by atoms with Gasteiger partial charge in [0.25, 0.3) is 0 Å². The second-order valence-corrected chi connectivity index (χ2v) is 8.05. The summed E-state index contributed by atoms with van der Waals surface area (Å²) in [5.74, 6) is 2.18. The van der Waals surface area contributed by atoms with Crippen LogP contribution in [0.1, 0.15) is 63.2 Å². The van der Waals surface area contributed by atoms with Crippen LogP contribution in [0.3, 0.4) is 0 Å². The summed E-state index contributed by atoms with van der Waals surface area (Å²) in [5, 5.41) is 4.20. The summed E-state index contributed by atoms with van der Waals surface area (Å²) in [4.78, 5) is 15.1. The Hall–Kier alpha value is -1.55. The molecule has 0 radical (unpaired) electrons. The van der Waals surface area contributed by atoms with Crippen LogP contribution in [0, 0.1) is 11.8 Å². The fraction of sp³-hybridized carbons (Fsp3) is 0.571. The number of thiophene rings is 1. The highest BCUT2D eigenvalue weighted by molar-refractivity contribution is 7.07. The van der Waals surface area contributed by atoms with E-state index in [1.54, 1.807) is 17.6 Å². The first-order valence-corrected chi connectivity index (χ1v) is 10.5. The van der Waals surface area contributed by atoms with Gasteiger partial charge >= 0.3 is 0 Å². The summed E-state index contributed by atoms with van der Waals surface area (Å²) in [6, 6.07) is 5.95. The van der Waals surface area contributed by atoms with Crippen molar-refractivity contribution in [3.05, 3.63) is 46.5 Å². The molecule has 0 atom stereocenters. The van der Waals surface area contributed by atoms with Crippen LogP contribution in [-0.4, -0.2) is 10.8 Å². The number of hydrogen-bond acceptors (Lipinski definition) is 3. The quantitative estimate of drug-likeness (QED) is 0.591. The van der Waals surface area contributed by atoms with Crippen molar-refractivity contribution in [2.45, 2.75) is 65.0 Å². The Morgan fingerprint density at radius 3 is 2.72 bits per heavy atom. The van der Waals surface area contributed by atoms with Crippen molar-refractivity contribution < 1.29 is 9.21 Å². The summed E-state index contributed by atoms with van der Waals surface area (Å²) < 4.78 is 5.49. The van der Waals surface area contributed by atoms with Gasteiger partial charge in [-0.1, -0.05) is 26.2 Å². The van der Waals surface area contributed by atoms with Crippen molar-refractivity contribution in [1.29, 1.82) is 0 Å². The van der Waals surface area contributed by atoms with Crippen LogP contribution in [0.4, 0.5) is 0 Å². The van der Waals surface area contributed by atoms with E-state index in [1.165, 1.54) is 37.7 Å². The molecule has 0 bridgehead atoms. The Kier molecular flexibility index (Phi) is 6.74. The molecule has 25 heavy (non-hydrogen) atoms. The summed E-state index contributed by atoms with van der Waals surface area (Å²) >= 11 is 1.68. The molecule has 1 saturated carbocycles. The molecule has 1 aliphatic rings. The Bertz CT molecular complexity index is 576. The maximum Gasteiger partial charge on any atom is 0.226 e. The normalized spacial score (nSPS) is 20.5. The molecular formula is C21H29NO2S. The van der Waals surface area contributed by atoms with Crippen molar-refractivity contribution in [2.24, 2.45) is 11.8 Å². The minimum Gasteiger partial charge on any atom is -0.467 e. The molecule has 3 nitrogen and oxygen atoms in total. The molecular weight excluding hydrogens is 330 g/mol. The molecule has 3 rings (SSSR count). The minimum atomic E-state index is 0.187. The molecule has 136 valence electrons. The van der Waals surface area contributed by atoms with Gasteiger partial charge in [-0.3, -0.25) is 4.79 Å². The largest absolute Gasteiger partial charge is 0.467 e. The molecule has 0 saturated heterocycles. The van der Waals surface area contributed by atoms with Crippen molar-refractivity contribution in [3.63, 3.8) is 0 Å². The van der Waals surface area contributed by atoms with Crippen molar-refractivity contribution in [1.82, 2.24) is 4.90 Å². The lowest BCUT2D eigenvalue weighted by Gasteiger charge is -2.32. The molecule has 0 aliphatic heterocycles. The smallest absolute Gasteiger partial charge is 0.226 e. The molecule has 0 aromatic carbocycles. The SMILES string of the molecule is CCCCC1CCC(C(=O)N(Cc2ccsc2)Cc2ccco2)CC1. The van der Waals surface area contributed by atoms with Crippen LogP contribution in [-0.2, 0) is 17.9 Å². The van der Waals surface area contributed by atoms with Crippen LogP contribution in [0.15, 0.2) is 39.6 Å². The summed E-state index contributed by atoms with van der Waals surface area (Å²) in [6.45, 7) is 3.50. The molecule has 0 spiro atoms. The van der Waals surface area contributed by atoms with Gasteiger partial charge in [0.05, 0.1) is 12.8 Å².